The number of aromatic nitrogens is 1. The molecule has 0 amide bonds. The lowest BCUT2D eigenvalue weighted by molar-refractivity contribution is 0.0985. The Kier molecular flexibility index (Phi) is 3.61. The smallest absolute Gasteiger partial charge is 0.140 e. The van der Waals surface area contributed by atoms with Gasteiger partial charge in [0, 0.05) is 12.2 Å². The highest BCUT2D eigenvalue weighted by atomic mass is 16.5. The number of nitrogens with two attached hydrogens (primary N) is 1. The van der Waals surface area contributed by atoms with E-state index in [2.05, 4.69) is 17.9 Å². The lowest BCUT2D eigenvalue weighted by Gasteiger charge is -2.36. The number of nitrogens with zero attached hydrogens (tertiary/aromatic N) is 2. The van der Waals surface area contributed by atoms with Crippen LogP contribution in [0.15, 0.2) is 6.07 Å². The van der Waals surface area contributed by atoms with E-state index in [1.807, 2.05) is 0 Å². The maximum Gasteiger partial charge on any atom is 0.140 e. The van der Waals surface area contributed by atoms with E-state index in [0.717, 1.165) is 30.8 Å². The lowest BCUT2D eigenvalue weighted by atomic mass is 9.94. The van der Waals surface area contributed by atoms with Crippen LogP contribution in [0.1, 0.15) is 36.6 Å². The Bertz CT molecular complexity index is 529. The molecule has 20 heavy (non-hydrogen) atoms. The Morgan fingerprint density at radius 1 is 1.45 bits per heavy atom. The molecule has 1 aromatic heterocycles. The molecular weight excluding hydrogens is 252 g/mol. The van der Waals surface area contributed by atoms with Gasteiger partial charge < -0.3 is 15.4 Å². The van der Waals surface area contributed by atoms with E-state index in [1.165, 1.54) is 24.1 Å². The molecule has 2 heterocycles. The molecule has 1 unspecified atom stereocenters. The van der Waals surface area contributed by atoms with Crippen molar-refractivity contribution < 1.29 is 4.74 Å². The third-order valence-corrected chi connectivity index (χ3v) is 4.21. The molecule has 0 aromatic carbocycles. The van der Waals surface area contributed by atoms with E-state index in [9.17, 15) is 0 Å². The van der Waals surface area contributed by atoms with Crippen LogP contribution in [-0.2, 0) is 17.6 Å². The predicted molar refractivity (Wildman–Crippen MR) is 79.5 cm³/mol. The molecule has 1 aliphatic heterocycles. The fraction of sp³-hybridized carbons (Fsp3) is 0.600. The molecule has 1 atom stereocenters. The molecule has 0 radical (unpaired) electrons. The lowest BCUT2D eigenvalue weighted by Crippen LogP contribution is -2.45. The Hall–Kier alpha value is -1.62. The molecule has 3 rings (SSSR count). The van der Waals surface area contributed by atoms with Crippen molar-refractivity contribution in [3.63, 3.8) is 0 Å². The summed E-state index contributed by atoms with van der Waals surface area (Å²) >= 11 is 0. The van der Waals surface area contributed by atoms with Crippen LogP contribution in [0.3, 0.4) is 0 Å². The standard InChI is InChI=1S/C15H22N4O/c1-10-9-20-7-6-19(10)15-12(14(16)17)8-11-4-2-3-5-13(11)18-15/h8,10H,2-7,9H2,1H3,(H3,16,17). The van der Waals surface area contributed by atoms with Crippen molar-refractivity contribution in [3.05, 3.63) is 22.9 Å². The first-order chi connectivity index (χ1) is 9.66. The van der Waals surface area contributed by atoms with Crippen molar-refractivity contribution in [2.75, 3.05) is 24.7 Å². The van der Waals surface area contributed by atoms with Gasteiger partial charge in [0.2, 0.25) is 0 Å². The van der Waals surface area contributed by atoms with Crippen molar-refractivity contribution in [1.82, 2.24) is 4.98 Å². The van der Waals surface area contributed by atoms with Gasteiger partial charge in [-0.1, -0.05) is 0 Å². The van der Waals surface area contributed by atoms with Crippen LogP contribution in [0.2, 0.25) is 0 Å². The van der Waals surface area contributed by atoms with Gasteiger partial charge in [0.15, 0.2) is 0 Å². The molecule has 1 aliphatic carbocycles. The molecule has 1 saturated heterocycles. The number of morpholine rings is 1. The average Bonchev–Trinajstić information content (AvgIpc) is 2.46. The van der Waals surface area contributed by atoms with E-state index in [1.54, 1.807) is 0 Å². The van der Waals surface area contributed by atoms with Crippen LogP contribution >= 0.6 is 0 Å². The molecule has 0 spiro atoms. The van der Waals surface area contributed by atoms with Gasteiger partial charge in [-0.3, -0.25) is 5.41 Å². The highest BCUT2D eigenvalue weighted by Crippen LogP contribution is 2.28. The van der Waals surface area contributed by atoms with Gasteiger partial charge in [-0.25, -0.2) is 4.98 Å². The fourth-order valence-corrected chi connectivity index (χ4v) is 3.08. The zero-order valence-electron chi connectivity index (χ0n) is 12.0. The molecule has 5 heteroatoms. The summed E-state index contributed by atoms with van der Waals surface area (Å²) in [4.78, 5) is 7.09. The summed E-state index contributed by atoms with van der Waals surface area (Å²) in [5.74, 6) is 0.980. The third kappa shape index (κ3) is 2.38. The normalized spacial score (nSPS) is 22.4. The van der Waals surface area contributed by atoms with E-state index in [0.29, 0.717) is 13.2 Å². The van der Waals surface area contributed by atoms with Crippen LogP contribution in [0.25, 0.3) is 0 Å². The number of fused-ring (bicyclic) bond motifs is 1. The van der Waals surface area contributed by atoms with E-state index in [-0.39, 0.29) is 11.9 Å². The minimum Gasteiger partial charge on any atom is -0.384 e. The Morgan fingerprint density at radius 3 is 3.00 bits per heavy atom. The first kappa shape index (κ1) is 13.4. The second-order valence-corrected chi connectivity index (χ2v) is 5.70. The number of aryl methyl sites for hydroxylation is 2. The minimum absolute atomic E-state index is 0.111. The van der Waals surface area contributed by atoms with Gasteiger partial charge in [0.1, 0.15) is 11.7 Å². The van der Waals surface area contributed by atoms with Crippen LogP contribution < -0.4 is 10.6 Å². The van der Waals surface area contributed by atoms with Gasteiger partial charge in [-0.05, 0) is 44.2 Å². The zero-order valence-corrected chi connectivity index (χ0v) is 12.0. The Morgan fingerprint density at radius 2 is 2.25 bits per heavy atom. The second-order valence-electron chi connectivity index (χ2n) is 5.70. The van der Waals surface area contributed by atoms with Gasteiger partial charge in [-0.2, -0.15) is 0 Å². The van der Waals surface area contributed by atoms with Crippen molar-refractivity contribution in [1.29, 1.82) is 5.41 Å². The van der Waals surface area contributed by atoms with Gasteiger partial charge in [-0.15, -0.1) is 0 Å². The summed E-state index contributed by atoms with van der Waals surface area (Å²) in [5.41, 5.74) is 9.02. The summed E-state index contributed by atoms with van der Waals surface area (Å²) in [6.07, 6.45) is 4.51. The number of nitrogens with one attached hydrogen (secondary N) is 1. The van der Waals surface area contributed by atoms with Crippen molar-refractivity contribution in [2.45, 2.75) is 38.6 Å². The Balaban J connectivity index is 2.05. The average molecular weight is 274 g/mol. The van der Waals surface area contributed by atoms with Crippen LogP contribution in [0.5, 0.6) is 0 Å². The topological polar surface area (TPSA) is 75.2 Å². The number of anilines is 1. The summed E-state index contributed by atoms with van der Waals surface area (Å²) in [6.45, 7) is 4.36. The molecule has 1 fully saturated rings. The zero-order chi connectivity index (χ0) is 14.1. The van der Waals surface area contributed by atoms with Crippen LogP contribution in [0, 0.1) is 5.41 Å². The van der Waals surface area contributed by atoms with Crippen LogP contribution in [-0.4, -0.2) is 36.6 Å². The maximum atomic E-state index is 7.86. The molecule has 2 aliphatic rings. The molecule has 108 valence electrons. The monoisotopic (exact) mass is 274 g/mol. The summed E-state index contributed by atoms with van der Waals surface area (Å²) in [5, 5.41) is 7.86. The van der Waals surface area contributed by atoms with Crippen molar-refractivity contribution >= 4 is 11.7 Å². The molecular formula is C15H22N4O. The fourth-order valence-electron chi connectivity index (χ4n) is 3.08. The first-order valence-corrected chi connectivity index (χ1v) is 7.38. The second kappa shape index (κ2) is 5.40. The maximum absolute atomic E-state index is 7.86. The van der Waals surface area contributed by atoms with Crippen molar-refractivity contribution in [3.8, 4) is 0 Å². The number of hydrogen-bond donors (Lipinski definition) is 2. The van der Waals surface area contributed by atoms with Gasteiger partial charge >= 0.3 is 0 Å². The molecule has 0 saturated carbocycles. The van der Waals surface area contributed by atoms with E-state index >= 15 is 0 Å². The highest BCUT2D eigenvalue weighted by molar-refractivity contribution is 6.00. The number of hydrogen-bond acceptors (Lipinski definition) is 4. The number of amidine groups is 1. The summed E-state index contributed by atoms with van der Waals surface area (Å²) in [6, 6.07) is 2.36. The molecule has 0 bridgehead atoms. The molecule has 1 aromatic rings. The number of rotatable bonds is 2. The number of pyridine rings is 1. The van der Waals surface area contributed by atoms with Crippen LogP contribution in [0.4, 0.5) is 5.82 Å². The molecule has 3 N–H and O–H groups in total. The van der Waals surface area contributed by atoms with Crippen molar-refractivity contribution in [2.24, 2.45) is 5.73 Å². The largest absolute Gasteiger partial charge is 0.384 e. The summed E-state index contributed by atoms with van der Waals surface area (Å²) < 4.78 is 5.49. The first-order valence-electron chi connectivity index (χ1n) is 7.38. The van der Waals surface area contributed by atoms with Gasteiger partial charge in [0.25, 0.3) is 0 Å². The quantitative estimate of drug-likeness (QED) is 0.632. The minimum atomic E-state index is 0.111. The summed E-state index contributed by atoms with van der Waals surface area (Å²) in [7, 11) is 0. The molecule has 5 nitrogen and oxygen atoms in total. The Labute approximate surface area is 119 Å². The third-order valence-electron chi connectivity index (χ3n) is 4.21. The SMILES string of the molecule is CC1COCCN1c1nc2c(cc1C(=N)N)CCCC2. The van der Waals surface area contributed by atoms with E-state index < -0.39 is 0 Å². The van der Waals surface area contributed by atoms with E-state index in [4.69, 9.17) is 20.9 Å². The van der Waals surface area contributed by atoms with Gasteiger partial charge in [0.05, 0.1) is 24.8 Å². The predicted octanol–water partition coefficient (Wildman–Crippen LogP) is 1.47. The highest BCUT2D eigenvalue weighted by Gasteiger charge is 2.25. The number of nitrogen functional groups attached to an aromatic ring is 1. The number of ether oxygens (including phenoxy) is 1.